The quantitative estimate of drug-likeness (QED) is 0.479. The molecule has 0 amide bonds. The Morgan fingerprint density at radius 3 is 1.20 bits per heavy atom. The van der Waals surface area contributed by atoms with Crippen LogP contribution >= 0.6 is 0 Å². The number of nitrogens with two attached hydrogens (primary N) is 2. The van der Waals surface area contributed by atoms with Crippen molar-refractivity contribution in [1.82, 2.24) is 0 Å². The molecule has 1 aromatic carbocycles. The average Bonchev–Trinajstić information content (AvgIpc) is 2.37. The molecular weight excluding hydrogens is 272 g/mol. The maximum atomic E-state index is 13.9. The third-order valence-corrected chi connectivity index (χ3v) is 2.91. The molecule has 0 saturated heterocycles. The summed E-state index contributed by atoms with van der Waals surface area (Å²) < 4.78 is 55.6. The maximum absolute atomic E-state index is 13.9. The first-order valence-corrected chi connectivity index (χ1v) is 5.95. The first-order chi connectivity index (χ1) is 9.36. The molecule has 4 N–H and O–H groups in total. The van der Waals surface area contributed by atoms with Crippen molar-refractivity contribution in [3.05, 3.63) is 59.7 Å². The average molecular weight is 288 g/mol. The fraction of sp³-hybridized carbons (Fsp3) is 0.286. The predicted molar refractivity (Wildman–Crippen MR) is 69.8 cm³/mol. The second-order valence-electron chi connectivity index (χ2n) is 4.35. The Morgan fingerprint density at radius 1 is 0.750 bits per heavy atom. The van der Waals surface area contributed by atoms with Crippen molar-refractivity contribution >= 4 is 0 Å². The summed E-state index contributed by atoms with van der Waals surface area (Å²) in [6, 6.07) is -2.44. The van der Waals surface area contributed by atoms with E-state index in [2.05, 4.69) is 13.2 Å². The number of hydrogen-bond acceptors (Lipinski definition) is 2. The fourth-order valence-electron chi connectivity index (χ4n) is 1.91. The highest BCUT2D eigenvalue weighted by Crippen LogP contribution is 2.32. The molecule has 0 heterocycles. The standard InChI is InChI=1S/C14H16F4N2/c1-3-5-7(19)9-11(15)13(17)10(8(20)6-4-2)14(18)12(9)16/h3-4,7-8H,1-2,5-6,19-20H2/t7-,8-/m0/s1. The molecule has 110 valence electrons. The summed E-state index contributed by atoms with van der Waals surface area (Å²) in [6.07, 6.45) is 2.56. The van der Waals surface area contributed by atoms with Gasteiger partial charge in [0, 0.05) is 23.2 Å². The zero-order valence-corrected chi connectivity index (χ0v) is 10.8. The van der Waals surface area contributed by atoms with Crippen molar-refractivity contribution < 1.29 is 17.6 Å². The smallest absolute Gasteiger partial charge is 0.167 e. The van der Waals surface area contributed by atoms with Crippen molar-refractivity contribution in [2.24, 2.45) is 11.5 Å². The normalized spacial score (nSPS) is 13.9. The van der Waals surface area contributed by atoms with Crippen molar-refractivity contribution in [1.29, 1.82) is 0 Å². The van der Waals surface area contributed by atoms with Crippen LogP contribution < -0.4 is 11.5 Å². The maximum Gasteiger partial charge on any atom is 0.167 e. The molecular formula is C14H16F4N2. The Balaban J connectivity index is 3.48. The summed E-state index contributed by atoms with van der Waals surface area (Å²) in [7, 11) is 0. The highest BCUT2D eigenvalue weighted by atomic mass is 19.2. The van der Waals surface area contributed by atoms with Crippen LogP contribution in [-0.2, 0) is 0 Å². The van der Waals surface area contributed by atoms with Gasteiger partial charge in [0.25, 0.3) is 0 Å². The zero-order chi connectivity index (χ0) is 15.4. The largest absolute Gasteiger partial charge is 0.324 e. The lowest BCUT2D eigenvalue weighted by Crippen LogP contribution is -2.21. The van der Waals surface area contributed by atoms with Crippen LogP contribution in [0.3, 0.4) is 0 Å². The summed E-state index contributed by atoms with van der Waals surface area (Å²) in [4.78, 5) is 0. The van der Waals surface area contributed by atoms with E-state index >= 15 is 0 Å². The van der Waals surface area contributed by atoms with Gasteiger partial charge < -0.3 is 11.5 Å². The molecule has 0 aromatic heterocycles. The van der Waals surface area contributed by atoms with Crippen LogP contribution in [0.5, 0.6) is 0 Å². The summed E-state index contributed by atoms with van der Waals surface area (Å²) in [5.41, 5.74) is 9.32. The van der Waals surface area contributed by atoms with Gasteiger partial charge in [-0.05, 0) is 12.8 Å². The monoisotopic (exact) mass is 288 g/mol. The Morgan fingerprint density at radius 2 is 1.00 bits per heavy atom. The van der Waals surface area contributed by atoms with Gasteiger partial charge in [-0.3, -0.25) is 0 Å². The Hall–Kier alpha value is -1.66. The zero-order valence-electron chi connectivity index (χ0n) is 10.8. The summed E-state index contributed by atoms with van der Waals surface area (Å²) in [5, 5.41) is 0. The molecule has 0 spiro atoms. The van der Waals surface area contributed by atoms with Crippen LogP contribution in [0.15, 0.2) is 25.3 Å². The van der Waals surface area contributed by atoms with E-state index in [4.69, 9.17) is 11.5 Å². The van der Waals surface area contributed by atoms with Crippen LogP contribution in [-0.4, -0.2) is 0 Å². The van der Waals surface area contributed by atoms with Crippen LogP contribution in [0.2, 0.25) is 0 Å². The van der Waals surface area contributed by atoms with E-state index in [1.54, 1.807) is 0 Å². The van der Waals surface area contributed by atoms with Gasteiger partial charge in [-0.25, -0.2) is 17.6 Å². The minimum atomic E-state index is -1.52. The Bertz CT molecular complexity index is 452. The van der Waals surface area contributed by atoms with Crippen molar-refractivity contribution in [3.63, 3.8) is 0 Å². The van der Waals surface area contributed by atoms with Gasteiger partial charge in [0.05, 0.1) is 0 Å². The molecule has 0 aliphatic heterocycles. The minimum absolute atomic E-state index is 0.0230. The molecule has 0 aliphatic carbocycles. The van der Waals surface area contributed by atoms with Gasteiger partial charge in [-0.2, -0.15) is 0 Å². The predicted octanol–water partition coefficient (Wildman–Crippen LogP) is 3.39. The second kappa shape index (κ2) is 6.67. The molecule has 0 aliphatic rings. The molecule has 0 fully saturated rings. The fourth-order valence-corrected chi connectivity index (χ4v) is 1.91. The van der Waals surface area contributed by atoms with Gasteiger partial charge in [-0.15, -0.1) is 13.2 Å². The second-order valence-corrected chi connectivity index (χ2v) is 4.35. The molecule has 0 bridgehead atoms. The van der Waals surface area contributed by atoms with E-state index in [0.29, 0.717) is 0 Å². The molecule has 1 rings (SSSR count). The summed E-state index contributed by atoms with van der Waals surface area (Å²) in [6.45, 7) is 6.71. The van der Waals surface area contributed by atoms with E-state index in [1.807, 2.05) is 0 Å². The summed E-state index contributed by atoms with van der Waals surface area (Å²) >= 11 is 0. The lowest BCUT2D eigenvalue weighted by atomic mass is 9.96. The van der Waals surface area contributed by atoms with Crippen LogP contribution in [0.25, 0.3) is 0 Å². The van der Waals surface area contributed by atoms with Crippen LogP contribution in [0, 0.1) is 23.3 Å². The van der Waals surface area contributed by atoms with Crippen LogP contribution in [0.1, 0.15) is 36.1 Å². The highest BCUT2D eigenvalue weighted by Gasteiger charge is 2.30. The third-order valence-electron chi connectivity index (χ3n) is 2.91. The molecule has 20 heavy (non-hydrogen) atoms. The van der Waals surface area contributed by atoms with E-state index in [0.717, 1.165) is 0 Å². The van der Waals surface area contributed by atoms with E-state index < -0.39 is 46.5 Å². The first kappa shape index (κ1) is 16.4. The molecule has 0 radical (unpaired) electrons. The van der Waals surface area contributed by atoms with Gasteiger partial charge in [0.2, 0.25) is 0 Å². The lowest BCUT2D eigenvalue weighted by Gasteiger charge is -2.18. The van der Waals surface area contributed by atoms with Gasteiger partial charge in [0.1, 0.15) is 0 Å². The topological polar surface area (TPSA) is 52.0 Å². The molecule has 2 nitrogen and oxygen atoms in total. The molecule has 1 aromatic rings. The Labute approximate surface area is 114 Å². The van der Waals surface area contributed by atoms with E-state index in [9.17, 15) is 17.6 Å². The Kier molecular flexibility index (Phi) is 5.47. The van der Waals surface area contributed by atoms with Gasteiger partial charge in [0.15, 0.2) is 23.3 Å². The summed E-state index contributed by atoms with van der Waals surface area (Å²) in [5.74, 6) is -6.08. The van der Waals surface area contributed by atoms with E-state index in [1.165, 1.54) is 12.2 Å². The van der Waals surface area contributed by atoms with Gasteiger partial charge in [-0.1, -0.05) is 12.2 Å². The number of hydrogen-bond donors (Lipinski definition) is 2. The van der Waals surface area contributed by atoms with Crippen molar-refractivity contribution in [3.8, 4) is 0 Å². The number of rotatable bonds is 6. The first-order valence-electron chi connectivity index (χ1n) is 5.95. The number of halogens is 4. The third kappa shape index (κ3) is 2.91. The van der Waals surface area contributed by atoms with Crippen molar-refractivity contribution in [2.45, 2.75) is 24.9 Å². The molecule has 0 unspecified atom stereocenters. The van der Waals surface area contributed by atoms with Crippen LogP contribution in [0.4, 0.5) is 17.6 Å². The number of benzene rings is 1. The molecule has 0 saturated carbocycles. The van der Waals surface area contributed by atoms with E-state index in [-0.39, 0.29) is 12.8 Å². The van der Waals surface area contributed by atoms with Gasteiger partial charge >= 0.3 is 0 Å². The SMILES string of the molecule is C=CC[C@H](N)c1c(F)c(F)c([C@@H](N)CC=C)c(F)c1F. The molecule has 2 atom stereocenters. The molecule has 6 heteroatoms. The highest BCUT2D eigenvalue weighted by molar-refractivity contribution is 5.34. The minimum Gasteiger partial charge on any atom is -0.324 e. The lowest BCUT2D eigenvalue weighted by molar-refractivity contribution is 0.405. The van der Waals surface area contributed by atoms with Crippen molar-refractivity contribution in [2.75, 3.05) is 0 Å².